The van der Waals surface area contributed by atoms with Crippen molar-refractivity contribution in [3.63, 3.8) is 0 Å². The van der Waals surface area contributed by atoms with Gasteiger partial charge in [-0.15, -0.1) is 0 Å². The summed E-state index contributed by atoms with van der Waals surface area (Å²) in [6.07, 6.45) is 1.44. The number of carbonyl (C=O) groups is 1. The van der Waals surface area contributed by atoms with Crippen LogP contribution >= 0.6 is 11.6 Å². The molecule has 6 heteroatoms. The van der Waals surface area contributed by atoms with Gasteiger partial charge < -0.3 is 9.88 Å². The van der Waals surface area contributed by atoms with Gasteiger partial charge in [-0.1, -0.05) is 35.9 Å². The van der Waals surface area contributed by atoms with E-state index in [0.29, 0.717) is 5.02 Å². The third-order valence-electron chi connectivity index (χ3n) is 3.61. The van der Waals surface area contributed by atoms with Crippen LogP contribution < -0.4 is 10.9 Å². The number of hydrogen-bond acceptors (Lipinski definition) is 2. The van der Waals surface area contributed by atoms with Crippen LogP contribution in [0.4, 0.5) is 10.1 Å². The molecule has 126 valence electrons. The first kappa shape index (κ1) is 16.9. The maximum Gasteiger partial charge on any atom is 0.257 e. The molecule has 0 radical (unpaired) electrons. The summed E-state index contributed by atoms with van der Waals surface area (Å²) in [5.74, 6) is -1.02. The number of anilines is 1. The zero-order valence-corrected chi connectivity index (χ0v) is 13.8. The van der Waals surface area contributed by atoms with E-state index in [9.17, 15) is 14.0 Å². The van der Waals surface area contributed by atoms with Crippen LogP contribution in [0.15, 0.2) is 71.7 Å². The van der Waals surface area contributed by atoms with Gasteiger partial charge in [-0.05, 0) is 35.9 Å². The fraction of sp³-hybridized carbons (Fsp3) is 0.0526. The van der Waals surface area contributed by atoms with E-state index < -0.39 is 11.7 Å². The molecule has 3 rings (SSSR count). The van der Waals surface area contributed by atoms with Crippen LogP contribution in [0.1, 0.15) is 15.9 Å². The number of hydrogen-bond donors (Lipinski definition) is 1. The highest BCUT2D eigenvalue weighted by Gasteiger charge is 2.10. The Hall–Kier alpha value is -2.92. The minimum atomic E-state index is -0.525. The van der Waals surface area contributed by atoms with Gasteiger partial charge in [0.15, 0.2) is 0 Å². The molecule has 1 heterocycles. The SMILES string of the molecule is O=C(Nc1ccccc1F)c1ccc(=O)n(Cc2cccc(Cl)c2)c1. The summed E-state index contributed by atoms with van der Waals surface area (Å²) in [5, 5.41) is 3.06. The van der Waals surface area contributed by atoms with Crippen molar-refractivity contribution in [1.29, 1.82) is 0 Å². The number of benzene rings is 2. The molecule has 0 aliphatic rings. The molecule has 1 aromatic heterocycles. The molecule has 0 saturated heterocycles. The second-order valence-electron chi connectivity index (χ2n) is 5.45. The Balaban J connectivity index is 1.85. The number of rotatable bonds is 4. The van der Waals surface area contributed by atoms with Gasteiger partial charge >= 0.3 is 0 Å². The van der Waals surface area contributed by atoms with E-state index in [-0.39, 0.29) is 23.4 Å². The Kier molecular flexibility index (Phi) is 4.95. The summed E-state index contributed by atoms with van der Waals surface area (Å²) in [6.45, 7) is 0.278. The number of pyridine rings is 1. The van der Waals surface area contributed by atoms with Crippen LogP contribution in [-0.4, -0.2) is 10.5 Å². The summed E-state index contributed by atoms with van der Waals surface area (Å²) in [7, 11) is 0. The second kappa shape index (κ2) is 7.32. The van der Waals surface area contributed by atoms with Crippen molar-refractivity contribution in [2.75, 3.05) is 5.32 Å². The first-order valence-corrected chi connectivity index (χ1v) is 7.91. The zero-order valence-electron chi connectivity index (χ0n) is 13.1. The molecule has 4 nitrogen and oxygen atoms in total. The van der Waals surface area contributed by atoms with Crippen LogP contribution in [0.5, 0.6) is 0 Å². The predicted molar refractivity (Wildman–Crippen MR) is 95.6 cm³/mol. The zero-order chi connectivity index (χ0) is 17.8. The van der Waals surface area contributed by atoms with E-state index in [1.54, 1.807) is 24.3 Å². The molecule has 1 amide bonds. The Morgan fingerprint density at radius 3 is 2.64 bits per heavy atom. The third-order valence-corrected chi connectivity index (χ3v) is 3.84. The normalized spacial score (nSPS) is 10.5. The van der Waals surface area contributed by atoms with E-state index in [2.05, 4.69) is 5.32 Å². The second-order valence-corrected chi connectivity index (χ2v) is 5.88. The summed E-state index contributed by atoms with van der Waals surface area (Å²) in [6, 6.07) is 15.7. The molecule has 2 aromatic carbocycles. The van der Waals surface area contributed by atoms with E-state index >= 15 is 0 Å². The lowest BCUT2D eigenvalue weighted by atomic mass is 10.2. The molecule has 25 heavy (non-hydrogen) atoms. The average Bonchev–Trinajstić information content (AvgIpc) is 2.59. The molecule has 0 bridgehead atoms. The van der Waals surface area contributed by atoms with Crippen molar-refractivity contribution in [2.45, 2.75) is 6.54 Å². The van der Waals surface area contributed by atoms with Gasteiger partial charge in [0, 0.05) is 17.3 Å². The summed E-state index contributed by atoms with van der Waals surface area (Å²) in [4.78, 5) is 24.4. The summed E-state index contributed by atoms with van der Waals surface area (Å²) < 4.78 is 15.1. The summed E-state index contributed by atoms with van der Waals surface area (Å²) in [5.41, 5.74) is 0.925. The lowest BCUT2D eigenvalue weighted by Gasteiger charge is -2.10. The number of aromatic nitrogens is 1. The van der Waals surface area contributed by atoms with Crippen LogP contribution in [0.2, 0.25) is 5.02 Å². The number of halogens is 2. The highest BCUT2D eigenvalue weighted by Crippen LogP contribution is 2.14. The number of amides is 1. The van der Waals surface area contributed by atoms with Crippen LogP contribution in [0.3, 0.4) is 0 Å². The van der Waals surface area contributed by atoms with Crippen molar-refractivity contribution in [1.82, 2.24) is 4.57 Å². The summed E-state index contributed by atoms with van der Waals surface area (Å²) >= 11 is 5.95. The number of nitrogens with one attached hydrogen (secondary N) is 1. The first-order valence-electron chi connectivity index (χ1n) is 7.54. The molecular formula is C19H14ClFN2O2. The van der Waals surface area contributed by atoms with Crippen LogP contribution in [0.25, 0.3) is 0 Å². The highest BCUT2D eigenvalue weighted by molar-refractivity contribution is 6.30. The van der Waals surface area contributed by atoms with Gasteiger partial charge in [0.1, 0.15) is 5.82 Å². The van der Waals surface area contributed by atoms with Crippen LogP contribution in [-0.2, 0) is 6.54 Å². The molecule has 0 aliphatic heterocycles. The lowest BCUT2D eigenvalue weighted by Crippen LogP contribution is -2.22. The van der Waals surface area contributed by atoms with Gasteiger partial charge in [-0.3, -0.25) is 9.59 Å². The van der Waals surface area contributed by atoms with Gasteiger partial charge in [-0.2, -0.15) is 0 Å². The molecule has 0 spiro atoms. The Bertz CT molecular complexity index is 985. The van der Waals surface area contributed by atoms with Crippen LogP contribution in [0, 0.1) is 5.82 Å². The molecular weight excluding hydrogens is 343 g/mol. The van der Waals surface area contributed by atoms with Gasteiger partial charge in [-0.25, -0.2) is 4.39 Å². The highest BCUT2D eigenvalue weighted by atomic mass is 35.5. The van der Waals surface area contributed by atoms with Crippen molar-refractivity contribution in [3.8, 4) is 0 Å². The maximum atomic E-state index is 13.7. The Morgan fingerprint density at radius 1 is 1.08 bits per heavy atom. The largest absolute Gasteiger partial charge is 0.319 e. The Labute approximate surface area is 148 Å². The van der Waals surface area contributed by atoms with Crippen molar-refractivity contribution in [3.05, 3.63) is 99.2 Å². The Morgan fingerprint density at radius 2 is 1.88 bits per heavy atom. The third kappa shape index (κ3) is 4.14. The van der Waals surface area contributed by atoms with Gasteiger partial charge in [0.25, 0.3) is 11.5 Å². The average molecular weight is 357 g/mol. The maximum absolute atomic E-state index is 13.7. The predicted octanol–water partition coefficient (Wildman–Crippen LogP) is 3.94. The molecule has 0 aliphatic carbocycles. The smallest absolute Gasteiger partial charge is 0.257 e. The fourth-order valence-electron chi connectivity index (χ4n) is 2.38. The van der Waals surface area contributed by atoms with E-state index in [1.807, 2.05) is 6.07 Å². The lowest BCUT2D eigenvalue weighted by molar-refractivity contribution is 0.102. The first-order chi connectivity index (χ1) is 12.0. The molecule has 0 unspecified atom stereocenters. The molecule has 0 saturated carbocycles. The molecule has 1 N–H and O–H groups in total. The molecule has 3 aromatic rings. The minimum absolute atomic E-state index is 0.0834. The fourth-order valence-corrected chi connectivity index (χ4v) is 2.59. The molecule has 0 fully saturated rings. The van der Waals surface area contributed by atoms with E-state index in [4.69, 9.17) is 11.6 Å². The quantitative estimate of drug-likeness (QED) is 0.769. The monoisotopic (exact) mass is 356 g/mol. The van der Waals surface area contributed by atoms with E-state index in [1.165, 1.54) is 41.1 Å². The van der Waals surface area contributed by atoms with E-state index in [0.717, 1.165) is 5.56 Å². The number of nitrogens with zero attached hydrogens (tertiary/aromatic N) is 1. The standard InChI is InChI=1S/C19H14ClFN2O2/c20-15-5-3-4-13(10-15)11-23-12-14(8-9-18(23)24)19(25)22-17-7-2-1-6-16(17)21/h1-10,12H,11H2,(H,22,25). The topological polar surface area (TPSA) is 51.1 Å². The minimum Gasteiger partial charge on any atom is -0.319 e. The van der Waals surface area contributed by atoms with Crippen molar-refractivity contribution < 1.29 is 9.18 Å². The van der Waals surface area contributed by atoms with Crippen molar-refractivity contribution >= 4 is 23.2 Å². The number of para-hydroxylation sites is 1. The van der Waals surface area contributed by atoms with Gasteiger partial charge in [0.2, 0.25) is 0 Å². The number of carbonyl (C=O) groups excluding carboxylic acids is 1. The van der Waals surface area contributed by atoms with Gasteiger partial charge in [0.05, 0.1) is 17.8 Å². The van der Waals surface area contributed by atoms with Crippen molar-refractivity contribution in [2.24, 2.45) is 0 Å². The molecule has 0 atom stereocenters.